The Morgan fingerprint density at radius 3 is 2.76 bits per heavy atom. The predicted octanol–water partition coefficient (Wildman–Crippen LogP) is 2.88. The van der Waals surface area contributed by atoms with Crippen LogP contribution in [0.2, 0.25) is 0 Å². The number of amides is 1. The lowest BCUT2D eigenvalue weighted by Crippen LogP contribution is -2.31. The van der Waals surface area contributed by atoms with Gasteiger partial charge in [-0.2, -0.15) is 0 Å². The summed E-state index contributed by atoms with van der Waals surface area (Å²) < 4.78 is 5.57. The van der Waals surface area contributed by atoms with Gasteiger partial charge >= 0.3 is 0 Å². The minimum absolute atomic E-state index is 0.00350. The van der Waals surface area contributed by atoms with E-state index >= 15 is 0 Å². The van der Waals surface area contributed by atoms with Crippen molar-refractivity contribution in [3.8, 4) is 5.75 Å². The summed E-state index contributed by atoms with van der Waals surface area (Å²) in [5.74, 6) is 0.673. The van der Waals surface area contributed by atoms with Gasteiger partial charge in [-0.25, -0.2) is 0 Å². The Kier molecular flexibility index (Phi) is 7.54. The molecule has 0 spiro atoms. The second-order valence-electron chi connectivity index (χ2n) is 5.09. The normalized spacial score (nSPS) is 10.2. The average molecular weight is 291 g/mol. The van der Waals surface area contributed by atoms with E-state index in [1.807, 2.05) is 26.0 Å². The number of nitrogens with zero attached hydrogens (tertiary/aromatic N) is 1. The van der Waals surface area contributed by atoms with Gasteiger partial charge in [0, 0.05) is 25.3 Å². The molecule has 0 atom stereocenters. The van der Waals surface area contributed by atoms with Crippen LogP contribution in [0.1, 0.15) is 37.0 Å². The average Bonchev–Trinajstić information content (AvgIpc) is 2.49. The van der Waals surface area contributed by atoms with Gasteiger partial charge in [-0.1, -0.05) is 12.6 Å². The molecule has 1 rings (SSSR count). The lowest BCUT2D eigenvalue weighted by molar-refractivity contribution is 0.0758. The van der Waals surface area contributed by atoms with E-state index in [9.17, 15) is 4.79 Å². The van der Waals surface area contributed by atoms with Gasteiger partial charge in [0.15, 0.2) is 0 Å². The third-order valence-electron chi connectivity index (χ3n) is 3.07. The van der Waals surface area contributed by atoms with Crippen LogP contribution in [0.5, 0.6) is 5.75 Å². The summed E-state index contributed by atoms with van der Waals surface area (Å²) in [4.78, 5) is 14.2. The summed E-state index contributed by atoms with van der Waals surface area (Å²) in [6.45, 7) is 9.57. The lowest BCUT2D eigenvalue weighted by Gasteiger charge is -2.21. The van der Waals surface area contributed by atoms with Gasteiger partial charge in [-0.15, -0.1) is 0 Å². The molecule has 0 heterocycles. The molecule has 1 amide bonds. The van der Waals surface area contributed by atoms with E-state index < -0.39 is 0 Å². The van der Waals surface area contributed by atoms with E-state index in [1.165, 1.54) is 0 Å². The molecule has 1 aromatic carbocycles. The number of ether oxygens (including phenoxy) is 1. The van der Waals surface area contributed by atoms with Crippen molar-refractivity contribution in [2.75, 3.05) is 26.3 Å². The Morgan fingerprint density at radius 2 is 2.14 bits per heavy atom. The van der Waals surface area contributed by atoms with Crippen molar-refractivity contribution in [3.63, 3.8) is 0 Å². The van der Waals surface area contributed by atoms with Crippen molar-refractivity contribution in [1.29, 1.82) is 0 Å². The van der Waals surface area contributed by atoms with Crippen molar-refractivity contribution >= 4 is 5.91 Å². The van der Waals surface area contributed by atoms with Crippen molar-refractivity contribution in [2.45, 2.75) is 26.7 Å². The number of rotatable bonds is 9. The zero-order valence-corrected chi connectivity index (χ0v) is 13.0. The quantitative estimate of drug-likeness (QED) is 0.562. The van der Waals surface area contributed by atoms with Crippen LogP contribution in [-0.4, -0.2) is 42.2 Å². The molecule has 0 fully saturated rings. The smallest absolute Gasteiger partial charge is 0.253 e. The van der Waals surface area contributed by atoms with E-state index in [4.69, 9.17) is 9.84 Å². The van der Waals surface area contributed by atoms with Gasteiger partial charge in [0.2, 0.25) is 0 Å². The first-order valence-corrected chi connectivity index (χ1v) is 7.35. The van der Waals surface area contributed by atoms with Crippen molar-refractivity contribution in [1.82, 2.24) is 4.90 Å². The standard InChI is InChI=1S/C17H25NO3/c1-4-18(10-5-6-11-19)17(20)15-8-7-9-16(12-15)21-13-14(2)3/h7-9,12,19H,2,4-6,10-11,13H2,1,3H3. The Hall–Kier alpha value is -1.81. The highest BCUT2D eigenvalue weighted by Gasteiger charge is 2.14. The minimum atomic E-state index is -0.00350. The molecule has 1 aromatic rings. The summed E-state index contributed by atoms with van der Waals surface area (Å²) in [6.07, 6.45) is 1.52. The van der Waals surface area contributed by atoms with Gasteiger partial charge in [-0.3, -0.25) is 4.79 Å². The summed E-state index contributed by atoms with van der Waals surface area (Å²) in [5, 5.41) is 8.82. The zero-order chi connectivity index (χ0) is 15.7. The molecule has 4 nitrogen and oxygen atoms in total. The lowest BCUT2D eigenvalue weighted by atomic mass is 10.1. The number of aliphatic hydroxyl groups excluding tert-OH is 1. The zero-order valence-electron chi connectivity index (χ0n) is 13.0. The fourth-order valence-electron chi connectivity index (χ4n) is 1.93. The fraction of sp³-hybridized carbons (Fsp3) is 0.471. The van der Waals surface area contributed by atoms with Gasteiger partial charge in [0.05, 0.1) is 0 Å². The van der Waals surface area contributed by atoms with Gasteiger partial charge < -0.3 is 14.7 Å². The Balaban J connectivity index is 2.71. The summed E-state index contributed by atoms with van der Waals surface area (Å²) in [6, 6.07) is 7.22. The molecule has 0 aromatic heterocycles. The number of unbranched alkanes of at least 4 members (excludes halogenated alkanes) is 1. The molecule has 0 aliphatic rings. The minimum Gasteiger partial charge on any atom is -0.489 e. The van der Waals surface area contributed by atoms with E-state index in [0.717, 1.165) is 12.0 Å². The first-order chi connectivity index (χ1) is 10.1. The van der Waals surface area contributed by atoms with Crippen molar-refractivity contribution in [2.24, 2.45) is 0 Å². The Morgan fingerprint density at radius 1 is 1.38 bits per heavy atom. The topological polar surface area (TPSA) is 49.8 Å². The van der Waals surface area contributed by atoms with E-state index in [1.54, 1.807) is 17.0 Å². The molecule has 0 saturated heterocycles. The number of hydrogen-bond acceptors (Lipinski definition) is 3. The second kappa shape index (κ2) is 9.19. The van der Waals surface area contributed by atoms with E-state index in [-0.39, 0.29) is 12.5 Å². The number of aliphatic hydroxyl groups is 1. The first-order valence-electron chi connectivity index (χ1n) is 7.35. The van der Waals surface area contributed by atoms with Crippen LogP contribution in [0.4, 0.5) is 0 Å². The molecular formula is C17H25NO3. The molecule has 1 N–H and O–H groups in total. The van der Waals surface area contributed by atoms with Crippen molar-refractivity contribution in [3.05, 3.63) is 42.0 Å². The molecule has 21 heavy (non-hydrogen) atoms. The Labute approximate surface area is 127 Å². The molecule has 0 aliphatic carbocycles. The maximum Gasteiger partial charge on any atom is 0.253 e. The van der Waals surface area contributed by atoms with Gasteiger partial charge in [-0.05, 0) is 50.5 Å². The first kappa shape index (κ1) is 17.2. The monoisotopic (exact) mass is 291 g/mol. The molecule has 0 saturated carbocycles. The van der Waals surface area contributed by atoms with Crippen LogP contribution in [-0.2, 0) is 0 Å². The third kappa shape index (κ3) is 6.00. The fourth-order valence-corrected chi connectivity index (χ4v) is 1.93. The molecule has 116 valence electrons. The maximum absolute atomic E-state index is 12.5. The number of carbonyl (C=O) groups excluding carboxylic acids is 1. The van der Waals surface area contributed by atoms with Crippen molar-refractivity contribution < 1.29 is 14.6 Å². The molecule has 0 unspecified atom stereocenters. The van der Waals surface area contributed by atoms with Crippen LogP contribution < -0.4 is 4.74 Å². The Bertz CT molecular complexity index is 471. The highest BCUT2D eigenvalue weighted by Crippen LogP contribution is 2.16. The van der Waals surface area contributed by atoms with Crippen LogP contribution in [0.15, 0.2) is 36.4 Å². The summed E-state index contributed by atoms with van der Waals surface area (Å²) in [7, 11) is 0. The SMILES string of the molecule is C=C(C)COc1cccc(C(=O)N(CC)CCCCO)c1. The van der Waals surface area contributed by atoms with Gasteiger partial charge in [0.25, 0.3) is 5.91 Å². The number of hydrogen-bond donors (Lipinski definition) is 1. The summed E-state index contributed by atoms with van der Waals surface area (Å²) in [5.41, 5.74) is 1.56. The molecule has 0 bridgehead atoms. The maximum atomic E-state index is 12.5. The number of benzene rings is 1. The van der Waals surface area contributed by atoms with E-state index in [0.29, 0.717) is 37.4 Å². The molecule has 0 aliphatic heterocycles. The highest BCUT2D eigenvalue weighted by atomic mass is 16.5. The second-order valence-corrected chi connectivity index (χ2v) is 5.09. The van der Waals surface area contributed by atoms with Crippen LogP contribution in [0.3, 0.4) is 0 Å². The van der Waals surface area contributed by atoms with Crippen LogP contribution >= 0.6 is 0 Å². The number of carbonyl (C=O) groups is 1. The molecule has 4 heteroatoms. The highest BCUT2D eigenvalue weighted by molar-refractivity contribution is 5.94. The van der Waals surface area contributed by atoms with Gasteiger partial charge in [0.1, 0.15) is 12.4 Å². The summed E-state index contributed by atoms with van der Waals surface area (Å²) >= 11 is 0. The van der Waals surface area contributed by atoms with E-state index in [2.05, 4.69) is 6.58 Å². The molecule has 0 radical (unpaired) electrons. The largest absolute Gasteiger partial charge is 0.489 e. The predicted molar refractivity (Wildman–Crippen MR) is 84.6 cm³/mol. The van der Waals surface area contributed by atoms with Crippen LogP contribution in [0.25, 0.3) is 0 Å². The molecular weight excluding hydrogens is 266 g/mol. The van der Waals surface area contributed by atoms with Crippen LogP contribution in [0, 0.1) is 0 Å². The third-order valence-corrected chi connectivity index (χ3v) is 3.07.